The number of hydrogen-bond donors (Lipinski definition) is 0. The summed E-state index contributed by atoms with van der Waals surface area (Å²) >= 11 is 0. The summed E-state index contributed by atoms with van der Waals surface area (Å²) in [4.78, 5) is 11.0. The van der Waals surface area contributed by atoms with Crippen LogP contribution in [-0.4, -0.2) is 12.6 Å². The van der Waals surface area contributed by atoms with Crippen molar-refractivity contribution in [2.45, 2.75) is 66.2 Å². The van der Waals surface area contributed by atoms with Crippen LogP contribution >= 0.6 is 0 Å². The molecule has 0 aliphatic carbocycles. The van der Waals surface area contributed by atoms with Crippen LogP contribution in [0.2, 0.25) is 0 Å². The first-order chi connectivity index (χ1) is 10.5. The maximum Gasteiger partial charge on any atom is 0.320 e. The van der Waals surface area contributed by atoms with Gasteiger partial charge < -0.3 is 4.74 Å². The van der Waals surface area contributed by atoms with E-state index in [0.29, 0.717) is 13.0 Å². The van der Waals surface area contributed by atoms with Gasteiger partial charge >= 0.3 is 5.97 Å². The lowest BCUT2D eigenvalue weighted by Crippen LogP contribution is -2.03. The molecule has 0 N–H and O–H groups in total. The highest BCUT2D eigenvalue weighted by molar-refractivity contribution is 5.71. The van der Waals surface area contributed by atoms with E-state index >= 15 is 0 Å². The quantitative estimate of drug-likeness (QED) is 0.314. The van der Waals surface area contributed by atoms with Gasteiger partial charge in [-0.3, -0.25) is 4.79 Å². The highest BCUT2D eigenvalue weighted by Crippen LogP contribution is 2.11. The van der Waals surface area contributed by atoms with Crippen molar-refractivity contribution >= 4 is 5.97 Å². The molecular weight excluding hydrogens is 274 g/mol. The van der Waals surface area contributed by atoms with Gasteiger partial charge in [-0.2, -0.15) is 5.26 Å². The lowest BCUT2D eigenvalue weighted by Gasteiger charge is -2.02. The molecule has 0 unspecified atom stereocenters. The molecule has 0 saturated heterocycles. The number of rotatable bonds is 10. The molecule has 0 aliphatic heterocycles. The number of carbonyl (C=O) groups is 1. The van der Waals surface area contributed by atoms with Crippen molar-refractivity contribution in [3.63, 3.8) is 0 Å². The fourth-order valence-electron chi connectivity index (χ4n) is 1.93. The number of nitrogens with zero attached hydrogens (tertiary/aromatic N) is 1. The van der Waals surface area contributed by atoms with E-state index in [1.807, 2.05) is 0 Å². The predicted octanol–water partition coefficient (Wildman–Crippen LogP) is 5.25. The Labute approximate surface area is 135 Å². The molecule has 0 amide bonds. The first-order valence-electron chi connectivity index (χ1n) is 7.93. The second kappa shape index (κ2) is 12.9. The lowest BCUT2D eigenvalue weighted by atomic mass is 10.1. The average Bonchev–Trinajstić information content (AvgIpc) is 2.43. The van der Waals surface area contributed by atoms with Crippen molar-refractivity contribution in [2.75, 3.05) is 6.61 Å². The van der Waals surface area contributed by atoms with Gasteiger partial charge in [0, 0.05) is 0 Å². The van der Waals surface area contributed by atoms with Crippen LogP contribution in [0, 0.1) is 11.3 Å². The van der Waals surface area contributed by atoms with Gasteiger partial charge in [0.15, 0.2) is 0 Å². The zero-order valence-electron chi connectivity index (χ0n) is 14.4. The van der Waals surface area contributed by atoms with Crippen molar-refractivity contribution in [3.05, 3.63) is 34.9 Å². The Morgan fingerprint density at radius 3 is 2.05 bits per heavy atom. The summed E-state index contributed by atoms with van der Waals surface area (Å²) in [5.74, 6) is -0.441. The average molecular weight is 303 g/mol. The van der Waals surface area contributed by atoms with E-state index in [4.69, 9.17) is 10.00 Å². The third-order valence-corrected chi connectivity index (χ3v) is 3.22. The molecule has 0 bridgehead atoms. The summed E-state index contributed by atoms with van der Waals surface area (Å²) in [6.45, 7) is 8.90. The first-order valence-corrected chi connectivity index (χ1v) is 7.93. The number of allylic oxidation sites excluding steroid dienone is 5. The lowest BCUT2D eigenvalue weighted by molar-refractivity contribution is -0.142. The van der Waals surface area contributed by atoms with Crippen LogP contribution in [0.25, 0.3) is 0 Å². The monoisotopic (exact) mass is 303 g/mol. The maximum atomic E-state index is 11.0. The van der Waals surface area contributed by atoms with Gasteiger partial charge in [-0.25, -0.2) is 0 Å². The zero-order chi connectivity index (χ0) is 16.8. The molecule has 0 aromatic carbocycles. The molecule has 3 nitrogen and oxygen atoms in total. The molecule has 0 spiro atoms. The molecular formula is C19H29NO2. The van der Waals surface area contributed by atoms with E-state index in [9.17, 15) is 4.79 Å². The van der Waals surface area contributed by atoms with Gasteiger partial charge in [-0.15, -0.1) is 0 Å². The van der Waals surface area contributed by atoms with Gasteiger partial charge in [0.05, 0.1) is 12.7 Å². The van der Waals surface area contributed by atoms with Gasteiger partial charge in [-0.05, 0) is 59.8 Å². The second-order valence-electron chi connectivity index (χ2n) is 5.80. The molecule has 0 heterocycles. The Balaban J connectivity index is 3.85. The van der Waals surface area contributed by atoms with Crippen LogP contribution in [-0.2, 0) is 9.53 Å². The number of nitriles is 1. The molecule has 3 heteroatoms. The van der Waals surface area contributed by atoms with Crippen LogP contribution in [0.5, 0.6) is 0 Å². The van der Waals surface area contributed by atoms with E-state index in [-0.39, 0.29) is 6.42 Å². The van der Waals surface area contributed by atoms with Crippen LogP contribution < -0.4 is 0 Å². The Hall–Kier alpha value is -1.82. The van der Waals surface area contributed by atoms with E-state index in [1.54, 1.807) is 6.07 Å². The van der Waals surface area contributed by atoms with E-state index in [1.165, 1.54) is 16.7 Å². The highest BCUT2D eigenvalue weighted by atomic mass is 16.5. The molecule has 22 heavy (non-hydrogen) atoms. The SMILES string of the molecule is CC(C)=CCCC(C)=CCCC(C)=CCCOC(=O)CC#N. The minimum Gasteiger partial charge on any atom is -0.465 e. The van der Waals surface area contributed by atoms with Crippen molar-refractivity contribution in [3.8, 4) is 6.07 Å². The summed E-state index contributed by atoms with van der Waals surface area (Å²) in [6.07, 6.45) is 11.6. The Kier molecular flexibility index (Phi) is 11.8. The summed E-state index contributed by atoms with van der Waals surface area (Å²) in [5, 5.41) is 8.33. The fraction of sp³-hybridized carbons (Fsp3) is 0.579. The first kappa shape index (κ1) is 20.2. The standard InChI is InChI=1S/C19H29NO2/c1-16(2)8-5-9-17(3)10-6-11-18(4)12-7-15-22-19(21)13-14-20/h8,10,12H,5-7,9,11,13,15H2,1-4H3. The van der Waals surface area contributed by atoms with Crippen molar-refractivity contribution in [1.82, 2.24) is 0 Å². The topological polar surface area (TPSA) is 50.1 Å². The number of carbonyl (C=O) groups excluding carboxylic acids is 1. The normalized spacial score (nSPS) is 11.8. The zero-order valence-corrected chi connectivity index (χ0v) is 14.4. The summed E-state index contributed by atoms with van der Waals surface area (Å²) in [5.41, 5.74) is 4.13. The summed E-state index contributed by atoms with van der Waals surface area (Å²) < 4.78 is 4.92. The Bertz CT molecular complexity index is 460. The molecule has 0 atom stereocenters. The van der Waals surface area contributed by atoms with Gasteiger partial charge in [-0.1, -0.05) is 34.9 Å². The molecule has 0 saturated carbocycles. The van der Waals surface area contributed by atoms with Crippen molar-refractivity contribution in [1.29, 1.82) is 5.26 Å². The molecule has 0 aromatic heterocycles. The Morgan fingerprint density at radius 2 is 1.50 bits per heavy atom. The maximum absolute atomic E-state index is 11.0. The van der Waals surface area contributed by atoms with E-state index in [0.717, 1.165) is 25.7 Å². The largest absolute Gasteiger partial charge is 0.465 e. The Morgan fingerprint density at radius 1 is 0.955 bits per heavy atom. The van der Waals surface area contributed by atoms with E-state index < -0.39 is 5.97 Å². The smallest absolute Gasteiger partial charge is 0.320 e. The van der Waals surface area contributed by atoms with Crippen molar-refractivity contribution in [2.24, 2.45) is 0 Å². The van der Waals surface area contributed by atoms with Crippen LogP contribution in [0.15, 0.2) is 34.9 Å². The minimum atomic E-state index is -0.441. The second-order valence-corrected chi connectivity index (χ2v) is 5.80. The predicted molar refractivity (Wildman–Crippen MR) is 91.2 cm³/mol. The molecule has 0 fully saturated rings. The van der Waals surface area contributed by atoms with Crippen LogP contribution in [0.1, 0.15) is 66.2 Å². The van der Waals surface area contributed by atoms with Crippen LogP contribution in [0.3, 0.4) is 0 Å². The van der Waals surface area contributed by atoms with Gasteiger partial charge in [0.1, 0.15) is 6.42 Å². The molecule has 0 aliphatic rings. The van der Waals surface area contributed by atoms with Gasteiger partial charge in [0.2, 0.25) is 0 Å². The summed E-state index contributed by atoms with van der Waals surface area (Å²) in [6, 6.07) is 1.78. The minimum absolute atomic E-state index is 0.167. The molecule has 0 aromatic rings. The fourth-order valence-corrected chi connectivity index (χ4v) is 1.93. The third kappa shape index (κ3) is 13.2. The number of ether oxygens (including phenoxy) is 1. The number of esters is 1. The number of hydrogen-bond acceptors (Lipinski definition) is 3. The molecule has 0 radical (unpaired) electrons. The molecule has 122 valence electrons. The highest BCUT2D eigenvalue weighted by Gasteiger charge is 1.99. The van der Waals surface area contributed by atoms with E-state index in [2.05, 4.69) is 45.9 Å². The third-order valence-electron chi connectivity index (χ3n) is 3.22. The van der Waals surface area contributed by atoms with Crippen molar-refractivity contribution < 1.29 is 9.53 Å². The molecule has 0 rings (SSSR count). The van der Waals surface area contributed by atoms with Crippen LogP contribution in [0.4, 0.5) is 0 Å². The summed E-state index contributed by atoms with van der Waals surface area (Å²) in [7, 11) is 0. The van der Waals surface area contributed by atoms with Gasteiger partial charge in [0.25, 0.3) is 0 Å².